The molecule has 0 aliphatic heterocycles. The number of imidazole rings is 1. The molecule has 1 unspecified atom stereocenters. The molecule has 6 heteroatoms. The summed E-state index contributed by atoms with van der Waals surface area (Å²) < 4.78 is 12.8. The van der Waals surface area contributed by atoms with Gasteiger partial charge in [-0.15, -0.1) is 0 Å². The molecule has 2 aromatic rings. The summed E-state index contributed by atoms with van der Waals surface area (Å²) in [5.74, 6) is 8.08. The lowest BCUT2D eigenvalue weighted by molar-refractivity contribution is 0.386. The lowest BCUT2D eigenvalue weighted by atomic mass is 10.0. The zero-order valence-electron chi connectivity index (χ0n) is 12.7. The van der Waals surface area contributed by atoms with E-state index in [4.69, 9.17) is 15.3 Å². The molecule has 1 aromatic carbocycles. The second kappa shape index (κ2) is 7.10. The minimum Gasteiger partial charge on any atom is -0.497 e. The summed E-state index contributed by atoms with van der Waals surface area (Å²) in [6.07, 6.45) is 4.77. The third-order valence-electron chi connectivity index (χ3n) is 3.39. The van der Waals surface area contributed by atoms with E-state index < -0.39 is 0 Å². The standard InChI is InChI=1S/C15H22N4O2/c1-4-8-19-9-7-17-15(19)14(18-16)12-6-5-11(20-2)10-13(12)21-3/h5-7,9-10,14,18H,4,8,16H2,1-3H3. The first-order valence-electron chi connectivity index (χ1n) is 6.94. The fraction of sp³-hybridized carbons (Fsp3) is 0.400. The van der Waals surface area contributed by atoms with Gasteiger partial charge >= 0.3 is 0 Å². The smallest absolute Gasteiger partial charge is 0.131 e. The van der Waals surface area contributed by atoms with Crippen molar-refractivity contribution in [2.75, 3.05) is 14.2 Å². The van der Waals surface area contributed by atoms with Crippen LogP contribution in [0, 0.1) is 0 Å². The number of hydrogen-bond acceptors (Lipinski definition) is 5. The van der Waals surface area contributed by atoms with Gasteiger partial charge in [-0.2, -0.15) is 0 Å². The maximum atomic E-state index is 5.77. The van der Waals surface area contributed by atoms with Crippen LogP contribution in [0.2, 0.25) is 0 Å². The normalized spacial score (nSPS) is 12.2. The van der Waals surface area contributed by atoms with Gasteiger partial charge in [0, 0.05) is 30.6 Å². The number of methoxy groups -OCH3 is 2. The topological polar surface area (TPSA) is 74.3 Å². The molecule has 21 heavy (non-hydrogen) atoms. The maximum absolute atomic E-state index is 5.77. The fourth-order valence-corrected chi connectivity index (χ4v) is 2.37. The molecule has 0 saturated carbocycles. The molecular weight excluding hydrogens is 268 g/mol. The Morgan fingerprint density at radius 1 is 1.33 bits per heavy atom. The summed E-state index contributed by atoms with van der Waals surface area (Å²) in [7, 11) is 3.26. The van der Waals surface area contributed by atoms with Gasteiger partial charge in [0.1, 0.15) is 23.4 Å². The third-order valence-corrected chi connectivity index (χ3v) is 3.39. The lowest BCUT2D eigenvalue weighted by Gasteiger charge is -2.20. The average molecular weight is 290 g/mol. The molecule has 0 fully saturated rings. The van der Waals surface area contributed by atoms with Crippen LogP contribution in [0.25, 0.3) is 0 Å². The van der Waals surface area contributed by atoms with Gasteiger partial charge in [-0.25, -0.2) is 10.4 Å². The number of nitrogens with zero attached hydrogens (tertiary/aromatic N) is 2. The Kier molecular flexibility index (Phi) is 5.19. The average Bonchev–Trinajstić information content (AvgIpc) is 2.97. The van der Waals surface area contributed by atoms with Crippen molar-refractivity contribution in [3.63, 3.8) is 0 Å². The molecule has 1 heterocycles. The van der Waals surface area contributed by atoms with E-state index in [1.807, 2.05) is 24.4 Å². The first kappa shape index (κ1) is 15.3. The molecule has 3 N–H and O–H groups in total. The number of ether oxygens (including phenoxy) is 2. The van der Waals surface area contributed by atoms with Gasteiger partial charge in [-0.3, -0.25) is 5.84 Å². The lowest BCUT2D eigenvalue weighted by Crippen LogP contribution is -2.31. The molecule has 0 aliphatic rings. The van der Waals surface area contributed by atoms with Crippen LogP contribution in [0.3, 0.4) is 0 Å². The molecule has 0 bridgehead atoms. The maximum Gasteiger partial charge on any atom is 0.131 e. The Morgan fingerprint density at radius 3 is 2.76 bits per heavy atom. The summed E-state index contributed by atoms with van der Waals surface area (Å²) in [5.41, 5.74) is 3.75. The molecular formula is C15H22N4O2. The number of aromatic nitrogens is 2. The van der Waals surface area contributed by atoms with E-state index in [1.54, 1.807) is 20.4 Å². The van der Waals surface area contributed by atoms with Crippen molar-refractivity contribution in [2.45, 2.75) is 25.9 Å². The second-order valence-corrected chi connectivity index (χ2v) is 4.69. The quantitative estimate of drug-likeness (QED) is 0.601. The first-order valence-corrected chi connectivity index (χ1v) is 6.94. The Labute approximate surface area is 124 Å². The second-order valence-electron chi connectivity index (χ2n) is 4.69. The van der Waals surface area contributed by atoms with Gasteiger partial charge in [0.15, 0.2) is 0 Å². The molecule has 0 amide bonds. The number of benzene rings is 1. The SMILES string of the molecule is CCCn1ccnc1C(NN)c1ccc(OC)cc1OC. The van der Waals surface area contributed by atoms with Crippen LogP contribution in [-0.2, 0) is 6.54 Å². The Morgan fingerprint density at radius 2 is 2.14 bits per heavy atom. The predicted molar refractivity (Wildman–Crippen MR) is 81.2 cm³/mol. The van der Waals surface area contributed by atoms with Gasteiger partial charge in [0.2, 0.25) is 0 Å². The molecule has 1 aromatic heterocycles. The van der Waals surface area contributed by atoms with Crippen molar-refractivity contribution in [1.29, 1.82) is 0 Å². The molecule has 0 radical (unpaired) electrons. The molecule has 2 rings (SSSR count). The van der Waals surface area contributed by atoms with Gasteiger partial charge in [0.05, 0.1) is 14.2 Å². The van der Waals surface area contributed by atoms with E-state index >= 15 is 0 Å². The number of nitrogens with one attached hydrogen (secondary N) is 1. The van der Waals surface area contributed by atoms with Crippen LogP contribution in [-0.4, -0.2) is 23.8 Å². The van der Waals surface area contributed by atoms with Gasteiger partial charge in [0.25, 0.3) is 0 Å². The van der Waals surface area contributed by atoms with Gasteiger partial charge in [-0.05, 0) is 18.6 Å². The monoisotopic (exact) mass is 290 g/mol. The summed E-state index contributed by atoms with van der Waals surface area (Å²) in [5, 5.41) is 0. The van der Waals surface area contributed by atoms with Crippen LogP contribution in [0.4, 0.5) is 0 Å². The molecule has 1 atom stereocenters. The number of aryl methyl sites for hydroxylation is 1. The summed E-state index contributed by atoms with van der Waals surface area (Å²) >= 11 is 0. The highest BCUT2D eigenvalue weighted by atomic mass is 16.5. The Hall–Kier alpha value is -2.05. The zero-order chi connectivity index (χ0) is 15.2. The van der Waals surface area contributed by atoms with Crippen LogP contribution in [0.15, 0.2) is 30.6 Å². The van der Waals surface area contributed by atoms with E-state index in [-0.39, 0.29) is 6.04 Å². The van der Waals surface area contributed by atoms with Crippen LogP contribution in [0.1, 0.15) is 30.8 Å². The van der Waals surface area contributed by atoms with Gasteiger partial charge in [-0.1, -0.05) is 6.92 Å². The van der Waals surface area contributed by atoms with E-state index in [1.165, 1.54) is 0 Å². The fourth-order valence-electron chi connectivity index (χ4n) is 2.37. The largest absolute Gasteiger partial charge is 0.497 e. The van der Waals surface area contributed by atoms with Gasteiger partial charge < -0.3 is 14.0 Å². The number of nitrogens with two attached hydrogens (primary N) is 1. The molecule has 0 aliphatic carbocycles. The van der Waals surface area contributed by atoms with Crippen molar-refractivity contribution in [3.8, 4) is 11.5 Å². The van der Waals surface area contributed by atoms with Crippen LogP contribution in [0.5, 0.6) is 11.5 Å². The highest BCUT2D eigenvalue weighted by Gasteiger charge is 2.21. The van der Waals surface area contributed by atoms with Crippen molar-refractivity contribution >= 4 is 0 Å². The van der Waals surface area contributed by atoms with Crippen molar-refractivity contribution in [1.82, 2.24) is 15.0 Å². The van der Waals surface area contributed by atoms with Crippen molar-refractivity contribution < 1.29 is 9.47 Å². The Bertz CT molecular complexity index is 583. The van der Waals surface area contributed by atoms with E-state index in [9.17, 15) is 0 Å². The number of hydrazine groups is 1. The summed E-state index contributed by atoms with van der Waals surface area (Å²) in [4.78, 5) is 4.43. The van der Waals surface area contributed by atoms with Crippen LogP contribution >= 0.6 is 0 Å². The number of rotatable bonds is 7. The van der Waals surface area contributed by atoms with E-state index in [0.29, 0.717) is 5.75 Å². The predicted octanol–water partition coefficient (Wildman–Crippen LogP) is 1.86. The van der Waals surface area contributed by atoms with Crippen molar-refractivity contribution in [3.05, 3.63) is 42.0 Å². The Balaban J connectivity index is 2.43. The third kappa shape index (κ3) is 3.17. The minimum absolute atomic E-state index is 0.243. The van der Waals surface area contributed by atoms with E-state index in [2.05, 4.69) is 21.9 Å². The first-order chi connectivity index (χ1) is 10.2. The van der Waals surface area contributed by atoms with Crippen molar-refractivity contribution in [2.24, 2.45) is 5.84 Å². The van der Waals surface area contributed by atoms with Crippen LogP contribution < -0.4 is 20.7 Å². The molecule has 0 spiro atoms. The summed E-state index contributed by atoms with van der Waals surface area (Å²) in [6.45, 7) is 3.02. The highest BCUT2D eigenvalue weighted by molar-refractivity contribution is 5.44. The summed E-state index contributed by atoms with van der Waals surface area (Å²) in [6, 6.07) is 5.42. The van der Waals surface area contributed by atoms with E-state index in [0.717, 1.165) is 30.1 Å². The highest BCUT2D eigenvalue weighted by Crippen LogP contribution is 2.32. The molecule has 114 valence electrons. The number of hydrogen-bond donors (Lipinski definition) is 2. The molecule has 6 nitrogen and oxygen atoms in total. The minimum atomic E-state index is -0.243. The molecule has 0 saturated heterocycles. The zero-order valence-corrected chi connectivity index (χ0v) is 12.7.